The summed E-state index contributed by atoms with van der Waals surface area (Å²) in [5.41, 5.74) is 0. The first-order valence-corrected chi connectivity index (χ1v) is 4.64. The Kier molecular flexibility index (Phi) is 1.80. The summed E-state index contributed by atoms with van der Waals surface area (Å²) in [6.07, 6.45) is 3.99. The molecular formula is C8H12ClNO. The van der Waals surface area contributed by atoms with Gasteiger partial charge in [-0.3, -0.25) is 4.79 Å². The third-order valence-electron chi connectivity index (χ3n) is 2.66. The van der Waals surface area contributed by atoms with E-state index in [-0.39, 0.29) is 5.38 Å². The van der Waals surface area contributed by atoms with Gasteiger partial charge in [-0.15, -0.1) is 11.6 Å². The average Bonchev–Trinajstić information content (AvgIpc) is 2.33. The van der Waals surface area contributed by atoms with E-state index in [1.807, 2.05) is 4.90 Å². The molecule has 0 aliphatic carbocycles. The van der Waals surface area contributed by atoms with Crippen molar-refractivity contribution in [2.75, 3.05) is 6.54 Å². The highest BCUT2D eigenvalue weighted by Crippen LogP contribution is 2.29. The number of hydrogen-bond donors (Lipinski definition) is 0. The van der Waals surface area contributed by atoms with Crippen molar-refractivity contribution in [2.45, 2.75) is 37.1 Å². The third-order valence-corrected chi connectivity index (χ3v) is 3.02. The maximum atomic E-state index is 11.2. The number of carbonyl (C=O) groups excluding carboxylic acids is 1. The van der Waals surface area contributed by atoms with Gasteiger partial charge in [0.1, 0.15) is 0 Å². The molecule has 2 atom stereocenters. The molecule has 11 heavy (non-hydrogen) atoms. The normalized spacial score (nSPS) is 37.5. The molecule has 2 aliphatic heterocycles. The zero-order valence-corrected chi connectivity index (χ0v) is 7.18. The lowest BCUT2D eigenvalue weighted by Gasteiger charge is -2.32. The van der Waals surface area contributed by atoms with Gasteiger partial charge in [0.05, 0.1) is 5.38 Å². The number of halogens is 1. The molecule has 0 bridgehead atoms. The number of fused-ring (bicyclic) bond motifs is 1. The number of nitrogens with zero attached hydrogens (tertiary/aromatic N) is 1. The van der Waals surface area contributed by atoms with Gasteiger partial charge >= 0.3 is 0 Å². The third kappa shape index (κ3) is 1.24. The fourth-order valence-corrected chi connectivity index (χ4v) is 2.30. The van der Waals surface area contributed by atoms with Crippen LogP contribution in [0.4, 0.5) is 0 Å². The van der Waals surface area contributed by atoms with Gasteiger partial charge in [0.2, 0.25) is 5.91 Å². The van der Waals surface area contributed by atoms with Crippen LogP contribution in [0.5, 0.6) is 0 Å². The Hall–Kier alpha value is -0.240. The maximum Gasteiger partial charge on any atom is 0.222 e. The number of carbonyl (C=O) groups is 1. The minimum Gasteiger partial charge on any atom is -0.338 e. The summed E-state index contributed by atoms with van der Waals surface area (Å²) in [6.45, 7) is 0.783. The predicted molar refractivity (Wildman–Crippen MR) is 43.6 cm³/mol. The molecule has 2 aliphatic rings. The second-order valence-corrected chi connectivity index (χ2v) is 4.03. The molecular weight excluding hydrogens is 162 g/mol. The highest BCUT2D eigenvalue weighted by molar-refractivity contribution is 6.21. The van der Waals surface area contributed by atoms with Crippen LogP contribution in [0.25, 0.3) is 0 Å². The lowest BCUT2D eigenvalue weighted by molar-refractivity contribution is -0.129. The smallest absolute Gasteiger partial charge is 0.222 e. The summed E-state index contributed by atoms with van der Waals surface area (Å²) in [5, 5.41) is 0.202. The van der Waals surface area contributed by atoms with Crippen molar-refractivity contribution in [3.05, 3.63) is 0 Å². The Morgan fingerprint density at radius 2 is 2.18 bits per heavy atom. The van der Waals surface area contributed by atoms with Gasteiger partial charge in [0.25, 0.3) is 0 Å². The average molecular weight is 174 g/mol. The molecule has 2 fully saturated rings. The van der Waals surface area contributed by atoms with Crippen LogP contribution in [-0.2, 0) is 4.79 Å². The van der Waals surface area contributed by atoms with Crippen molar-refractivity contribution >= 4 is 17.5 Å². The summed E-state index contributed by atoms with van der Waals surface area (Å²) < 4.78 is 0. The van der Waals surface area contributed by atoms with Gasteiger partial charge in [0, 0.05) is 19.0 Å². The first-order chi connectivity index (χ1) is 5.27. The Morgan fingerprint density at radius 1 is 1.36 bits per heavy atom. The lowest BCUT2D eigenvalue weighted by atomic mass is 10.0. The maximum absolute atomic E-state index is 11.2. The zero-order valence-electron chi connectivity index (χ0n) is 6.42. The molecule has 0 aromatic rings. The van der Waals surface area contributed by atoms with Crippen molar-refractivity contribution < 1.29 is 4.79 Å². The SMILES string of the molecule is O=C1CC[C@@H]2CC[C@@H](Cl)CN12. The highest BCUT2D eigenvalue weighted by Gasteiger charge is 2.35. The summed E-state index contributed by atoms with van der Waals surface area (Å²) in [7, 11) is 0. The number of piperidine rings is 1. The van der Waals surface area contributed by atoms with Gasteiger partial charge < -0.3 is 4.90 Å². The summed E-state index contributed by atoms with van der Waals surface area (Å²) in [5.74, 6) is 0.306. The van der Waals surface area contributed by atoms with Gasteiger partial charge in [-0.05, 0) is 19.3 Å². The molecule has 0 N–H and O–H groups in total. The molecule has 0 saturated carbocycles. The Labute approximate surface area is 71.5 Å². The minimum atomic E-state index is 0.202. The molecule has 2 saturated heterocycles. The van der Waals surface area contributed by atoms with E-state index in [0.29, 0.717) is 11.9 Å². The van der Waals surface area contributed by atoms with E-state index in [9.17, 15) is 4.79 Å². The molecule has 2 rings (SSSR count). The van der Waals surface area contributed by atoms with Crippen LogP contribution in [0.15, 0.2) is 0 Å². The molecule has 0 aromatic carbocycles. The zero-order chi connectivity index (χ0) is 7.84. The van der Waals surface area contributed by atoms with E-state index in [2.05, 4.69) is 0 Å². The molecule has 0 unspecified atom stereocenters. The topological polar surface area (TPSA) is 20.3 Å². The summed E-state index contributed by atoms with van der Waals surface area (Å²) in [6, 6.07) is 0.525. The van der Waals surface area contributed by atoms with E-state index < -0.39 is 0 Å². The fraction of sp³-hybridized carbons (Fsp3) is 0.875. The van der Waals surface area contributed by atoms with Crippen molar-refractivity contribution in [1.29, 1.82) is 0 Å². The van der Waals surface area contributed by atoms with Gasteiger partial charge in [0.15, 0.2) is 0 Å². The van der Waals surface area contributed by atoms with Gasteiger partial charge in [-0.1, -0.05) is 0 Å². The van der Waals surface area contributed by atoms with Gasteiger partial charge in [-0.2, -0.15) is 0 Å². The number of rotatable bonds is 0. The van der Waals surface area contributed by atoms with E-state index in [1.165, 1.54) is 0 Å². The quantitative estimate of drug-likeness (QED) is 0.507. The van der Waals surface area contributed by atoms with Gasteiger partial charge in [-0.25, -0.2) is 0 Å². The molecule has 0 spiro atoms. The molecule has 0 aromatic heterocycles. The van der Waals surface area contributed by atoms with Crippen molar-refractivity contribution in [1.82, 2.24) is 4.90 Å². The van der Waals surface area contributed by atoms with Crippen LogP contribution in [0.3, 0.4) is 0 Å². The minimum absolute atomic E-state index is 0.202. The first-order valence-electron chi connectivity index (χ1n) is 4.21. The largest absolute Gasteiger partial charge is 0.338 e. The number of hydrogen-bond acceptors (Lipinski definition) is 1. The summed E-state index contributed by atoms with van der Waals surface area (Å²) in [4.78, 5) is 13.2. The summed E-state index contributed by atoms with van der Waals surface area (Å²) >= 11 is 5.95. The number of alkyl halides is 1. The first kappa shape index (κ1) is 7.41. The van der Waals surface area contributed by atoms with Crippen LogP contribution in [0, 0.1) is 0 Å². The van der Waals surface area contributed by atoms with E-state index in [4.69, 9.17) is 11.6 Å². The predicted octanol–water partition coefficient (Wildman–Crippen LogP) is 1.38. The second kappa shape index (κ2) is 2.67. The second-order valence-electron chi connectivity index (χ2n) is 3.41. The van der Waals surface area contributed by atoms with E-state index in [0.717, 1.165) is 32.2 Å². The molecule has 1 amide bonds. The van der Waals surface area contributed by atoms with Crippen LogP contribution >= 0.6 is 11.6 Å². The molecule has 62 valence electrons. The van der Waals surface area contributed by atoms with Crippen LogP contribution in [0.2, 0.25) is 0 Å². The Morgan fingerprint density at radius 3 is 3.00 bits per heavy atom. The van der Waals surface area contributed by atoms with Crippen molar-refractivity contribution in [3.8, 4) is 0 Å². The van der Waals surface area contributed by atoms with E-state index in [1.54, 1.807) is 0 Å². The Bertz CT molecular complexity index is 183. The van der Waals surface area contributed by atoms with Crippen molar-refractivity contribution in [3.63, 3.8) is 0 Å². The molecule has 2 nitrogen and oxygen atoms in total. The standard InChI is InChI=1S/C8H12ClNO/c9-6-1-2-7-3-4-8(11)10(7)5-6/h6-7H,1-5H2/t6-,7+/m1/s1. The lowest BCUT2D eigenvalue weighted by Crippen LogP contribution is -2.41. The van der Waals surface area contributed by atoms with Crippen LogP contribution < -0.4 is 0 Å². The molecule has 2 heterocycles. The van der Waals surface area contributed by atoms with Crippen LogP contribution in [0.1, 0.15) is 25.7 Å². The fourth-order valence-electron chi connectivity index (χ4n) is 2.02. The van der Waals surface area contributed by atoms with E-state index >= 15 is 0 Å². The Balaban J connectivity index is 2.07. The number of amides is 1. The van der Waals surface area contributed by atoms with Crippen molar-refractivity contribution in [2.24, 2.45) is 0 Å². The molecule has 3 heteroatoms. The van der Waals surface area contributed by atoms with Crippen LogP contribution in [-0.4, -0.2) is 28.8 Å². The monoisotopic (exact) mass is 173 g/mol. The molecule has 0 radical (unpaired) electrons. The highest BCUT2D eigenvalue weighted by atomic mass is 35.5.